The minimum absolute atomic E-state index is 0.157. The summed E-state index contributed by atoms with van der Waals surface area (Å²) in [6, 6.07) is 10.9. The molecule has 3 aromatic rings. The summed E-state index contributed by atoms with van der Waals surface area (Å²) >= 11 is 0. The van der Waals surface area contributed by atoms with E-state index in [-0.39, 0.29) is 18.0 Å². The third kappa shape index (κ3) is 3.55. The third-order valence-corrected chi connectivity index (χ3v) is 8.01. The van der Waals surface area contributed by atoms with Crippen molar-refractivity contribution in [3.05, 3.63) is 70.8 Å². The second kappa shape index (κ2) is 8.47. The lowest BCUT2D eigenvalue weighted by molar-refractivity contribution is 0.0856. The second-order valence-corrected chi connectivity index (χ2v) is 9.86. The summed E-state index contributed by atoms with van der Waals surface area (Å²) < 4.78 is 5.94. The first-order valence-electron chi connectivity index (χ1n) is 12.1. The molecule has 2 aliphatic heterocycles. The lowest BCUT2D eigenvalue weighted by Crippen LogP contribution is -2.48. The lowest BCUT2D eigenvalue weighted by Gasteiger charge is -2.36. The highest BCUT2D eigenvalue weighted by atomic mass is 16.3. The summed E-state index contributed by atoms with van der Waals surface area (Å²) in [5, 5.41) is 6.53. The summed E-state index contributed by atoms with van der Waals surface area (Å²) in [4.78, 5) is 31.3. The molecule has 2 aromatic heterocycles. The molecule has 2 unspecified atom stereocenters. The maximum Gasteiger partial charge on any atom is 0.287 e. The number of amides is 1. The first kappa shape index (κ1) is 21.2. The van der Waals surface area contributed by atoms with E-state index in [0.29, 0.717) is 17.8 Å². The van der Waals surface area contributed by atoms with Crippen molar-refractivity contribution >= 4 is 5.91 Å². The monoisotopic (exact) mass is 456 g/mol. The van der Waals surface area contributed by atoms with Crippen LogP contribution in [0.15, 0.2) is 58.6 Å². The molecule has 7 heteroatoms. The maximum atomic E-state index is 13.5. The fourth-order valence-electron chi connectivity index (χ4n) is 6.19. The zero-order valence-electron chi connectivity index (χ0n) is 19.2. The van der Waals surface area contributed by atoms with Gasteiger partial charge in [0.15, 0.2) is 5.76 Å². The number of nitroso groups, excluding NO2 is 1. The molecule has 1 aliphatic carbocycles. The van der Waals surface area contributed by atoms with Crippen LogP contribution in [0.3, 0.4) is 0 Å². The van der Waals surface area contributed by atoms with Crippen LogP contribution < -0.4 is 5.32 Å². The zero-order chi connectivity index (χ0) is 23.2. The Morgan fingerprint density at radius 3 is 2.71 bits per heavy atom. The number of rotatable bonds is 5. The topological polar surface area (TPSA) is 87.8 Å². The van der Waals surface area contributed by atoms with E-state index in [0.717, 1.165) is 59.1 Å². The van der Waals surface area contributed by atoms with E-state index in [2.05, 4.69) is 33.5 Å². The molecular weight excluding hydrogens is 428 g/mol. The van der Waals surface area contributed by atoms with E-state index in [4.69, 9.17) is 4.42 Å². The average molecular weight is 457 g/mol. The van der Waals surface area contributed by atoms with Gasteiger partial charge in [0.1, 0.15) is 6.04 Å². The van der Waals surface area contributed by atoms with Gasteiger partial charge in [-0.3, -0.25) is 9.78 Å². The fraction of sp³-hybridized carbons (Fsp3) is 0.407. The maximum absolute atomic E-state index is 13.5. The Hall–Kier alpha value is -3.32. The molecule has 0 saturated carbocycles. The zero-order valence-corrected chi connectivity index (χ0v) is 19.2. The molecule has 7 nitrogen and oxygen atoms in total. The van der Waals surface area contributed by atoms with Crippen molar-refractivity contribution in [2.45, 2.75) is 62.7 Å². The molecular formula is C27H28N4O3. The number of furan rings is 1. The van der Waals surface area contributed by atoms with Gasteiger partial charge in [0.2, 0.25) is 0 Å². The van der Waals surface area contributed by atoms with E-state index >= 15 is 0 Å². The molecule has 0 radical (unpaired) electrons. The van der Waals surface area contributed by atoms with Crippen LogP contribution in [0, 0.1) is 4.91 Å². The van der Waals surface area contributed by atoms with Crippen molar-refractivity contribution in [3.8, 4) is 22.3 Å². The average Bonchev–Trinajstić information content (AvgIpc) is 3.53. The number of benzene rings is 1. The fourth-order valence-corrected chi connectivity index (χ4v) is 6.19. The Morgan fingerprint density at radius 1 is 1.15 bits per heavy atom. The van der Waals surface area contributed by atoms with E-state index in [1.165, 1.54) is 12.8 Å². The Morgan fingerprint density at radius 2 is 1.97 bits per heavy atom. The van der Waals surface area contributed by atoms with E-state index in [1.54, 1.807) is 18.7 Å². The summed E-state index contributed by atoms with van der Waals surface area (Å²) in [6.45, 7) is 0. The molecule has 1 N–H and O–H groups in total. The van der Waals surface area contributed by atoms with Gasteiger partial charge < -0.3 is 14.6 Å². The Kier molecular flexibility index (Phi) is 5.29. The van der Waals surface area contributed by atoms with Crippen LogP contribution in [0.2, 0.25) is 0 Å². The number of aryl methyl sites for hydroxylation is 1. The van der Waals surface area contributed by atoms with E-state index in [9.17, 15) is 9.70 Å². The third-order valence-electron chi connectivity index (χ3n) is 8.01. The quantitative estimate of drug-likeness (QED) is 0.539. The SMILES string of the molecule is CN1[C@@H]2CC[C@H]1CC(NC(=O)c1occ(-c3ccc4c(c3)CCC4N=O)c1-c1cccnc1)C2. The molecule has 3 aliphatic rings. The summed E-state index contributed by atoms with van der Waals surface area (Å²) in [6.07, 6.45) is 11.1. The summed E-state index contributed by atoms with van der Waals surface area (Å²) in [5.41, 5.74) is 5.54. The minimum Gasteiger partial charge on any atom is -0.458 e. The normalized spacial score (nSPS) is 25.8. The number of hydrogen-bond acceptors (Lipinski definition) is 6. The first-order chi connectivity index (χ1) is 16.6. The second-order valence-electron chi connectivity index (χ2n) is 9.86. The number of nitrogens with zero attached hydrogens (tertiary/aromatic N) is 3. The van der Waals surface area contributed by atoms with Gasteiger partial charge in [-0.2, -0.15) is 4.91 Å². The molecule has 1 aromatic carbocycles. The molecule has 2 saturated heterocycles. The largest absolute Gasteiger partial charge is 0.458 e. The number of pyridine rings is 1. The number of hydrogen-bond donors (Lipinski definition) is 1. The Labute approximate surface area is 198 Å². The van der Waals surface area contributed by atoms with Crippen LogP contribution in [0.5, 0.6) is 0 Å². The molecule has 4 atom stereocenters. The van der Waals surface area contributed by atoms with Gasteiger partial charge in [0.05, 0.1) is 6.26 Å². The molecule has 174 valence electrons. The van der Waals surface area contributed by atoms with Crippen LogP contribution in [-0.4, -0.2) is 41.0 Å². The number of fused-ring (bicyclic) bond motifs is 3. The van der Waals surface area contributed by atoms with Gasteiger partial charge in [-0.15, -0.1) is 0 Å². The van der Waals surface area contributed by atoms with Crippen molar-refractivity contribution < 1.29 is 9.21 Å². The predicted octanol–water partition coefficient (Wildman–Crippen LogP) is 5.12. The summed E-state index contributed by atoms with van der Waals surface area (Å²) in [7, 11) is 2.20. The minimum atomic E-state index is -0.266. The molecule has 34 heavy (non-hydrogen) atoms. The van der Waals surface area contributed by atoms with Crippen molar-refractivity contribution in [1.29, 1.82) is 0 Å². The number of nitrogens with one attached hydrogen (secondary N) is 1. The van der Waals surface area contributed by atoms with Gasteiger partial charge in [-0.1, -0.05) is 29.4 Å². The highest BCUT2D eigenvalue weighted by Crippen LogP contribution is 2.41. The summed E-state index contributed by atoms with van der Waals surface area (Å²) in [5.74, 6) is 0.146. The lowest BCUT2D eigenvalue weighted by atomic mass is 9.94. The highest BCUT2D eigenvalue weighted by molar-refractivity contribution is 6.02. The molecule has 6 rings (SSSR count). The van der Waals surface area contributed by atoms with Crippen molar-refractivity contribution in [1.82, 2.24) is 15.2 Å². The highest BCUT2D eigenvalue weighted by Gasteiger charge is 2.39. The number of piperidine rings is 1. The van der Waals surface area contributed by atoms with Crippen LogP contribution in [-0.2, 0) is 6.42 Å². The Bertz CT molecular complexity index is 1220. The van der Waals surface area contributed by atoms with Crippen molar-refractivity contribution in [3.63, 3.8) is 0 Å². The Balaban J connectivity index is 1.34. The first-order valence-corrected chi connectivity index (χ1v) is 12.1. The van der Waals surface area contributed by atoms with Gasteiger partial charge in [-0.25, -0.2) is 0 Å². The molecule has 2 bridgehead atoms. The van der Waals surface area contributed by atoms with Crippen LogP contribution in [0.1, 0.15) is 59.8 Å². The van der Waals surface area contributed by atoms with Crippen LogP contribution in [0.25, 0.3) is 22.3 Å². The number of aromatic nitrogens is 1. The molecule has 0 spiro atoms. The number of carbonyl (C=O) groups is 1. The standard InChI is InChI=1S/C27H28N4O3/c1-31-20-6-7-21(31)13-19(12-20)29-27(32)26-25(18-3-2-10-28-14-18)23(15-34-26)17-4-8-22-16(11-17)5-9-24(22)30-33/h2-4,8,10-11,14-15,19-21,24H,5-7,9,12-13H2,1H3,(H,29,32)/t19?,20-,21+,24?. The molecule has 2 fully saturated rings. The van der Waals surface area contributed by atoms with Gasteiger partial charge in [0.25, 0.3) is 5.91 Å². The van der Waals surface area contributed by atoms with Crippen molar-refractivity contribution in [2.75, 3.05) is 7.05 Å². The van der Waals surface area contributed by atoms with E-state index < -0.39 is 0 Å². The van der Waals surface area contributed by atoms with Gasteiger partial charge in [0, 0.05) is 47.2 Å². The molecule has 1 amide bonds. The van der Waals surface area contributed by atoms with Crippen LogP contribution in [0.4, 0.5) is 0 Å². The molecule has 4 heterocycles. The van der Waals surface area contributed by atoms with Gasteiger partial charge in [-0.05, 0) is 68.3 Å². The van der Waals surface area contributed by atoms with Crippen molar-refractivity contribution in [2.24, 2.45) is 5.18 Å². The predicted molar refractivity (Wildman–Crippen MR) is 129 cm³/mol. The van der Waals surface area contributed by atoms with Gasteiger partial charge >= 0.3 is 0 Å². The van der Waals surface area contributed by atoms with E-state index in [1.807, 2.05) is 24.3 Å². The van der Waals surface area contributed by atoms with Crippen LogP contribution >= 0.6 is 0 Å². The number of carbonyl (C=O) groups excluding carboxylic acids is 1. The smallest absolute Gasteiger partial charge is 0.287 e.